The third-order valence-corrected chi connectivity index (χ3v) is 3.65. The molecule has 0 unspecified atom stereocenters. The summed E-state index contributed by atoms with van der Waals surface area (Å²) >= 11 is 0. The van der Waals surface area contributed by atoms with Crippen molar-refractivity contribution in [3.63, 3.8) is 0 Å². The first-order chi connectivity index (χ1) is 10.4. The molecule has 0 saturated carbocycles. The van der Waals surface area contributed by atoms with Gasteiger partial charge in [-0.2, -0.15) is 0 Å². The Morgan fingerprint density at radius 3 is 2.90 bits per heavy atom. The lowest BCUT2D eigenvalue weighted by Gasteiger charge is -2.07. The van der Waals surface area contributed by atoms with Gasteiger partial charge in [-0.25, -0.2) is 14.6 Å². The molecule has 5 rings (SSSR count). The van der Waals surface area contributed by atoms with E-state index >= 15 is 0 Å². The smallest absolute Gasteiger partial charge is 0.161 e. The van der Waals surface area contributed by atoms with E-state index < -0.39 is 0 Å². The molecule has 5 aromatic rings. The second kappa shape index (κ2) is 3.66. The molecule has 0 amide bonds. The van der Waals surface area contributed by atoms with Gasteiger partial charge >= 0.3 is 0 Å². The lowest BCUT2D eigenvalue weighted by molar-refractivity contribution is 0.776. The zero-order valence-corrected chi connectivity index (χ0v) is 10.8. The number of para-hydroxylation sites is 1. The van der Waals surface area contributed by atoms with Gasteiger partial charge < -0.3 is 0 Å². The molecule has 100 valence electrons. The number of aromatic nitrogens is 7. The maximum Gasteiger partial charge on any atom is 0.161 e. The summed E-state index contributed by atoms with van der Waals surface area (Å²) in [4.78, 5) is 8.84. The highest BCUT2D eigenvalue weighted by Crippen LogP contribution is 2.24. The zero-order chi connectivity index (χ0) is 13.8. The zero-order valence-electron chi connectivity index (χ0n) is 10.8. The number of nitrogens with zero attached hydrogens (tertiary/aromatic N) is 7. The Labute approximate surface area is 118 Å². The predicted molar refractivity (Wildman–Crippen MR) is 76.4 cm³/mol. The van der Waals surface area contributed by atoms with E-state index in [1.54, 1.807) is 23.3 Å². The van der Waals surface area contributed by atoms with Crippen LogP contribution in [0.15, 0.2) is 55.4 Å². The molecular weight excluding hydrogens is 266 g/mol. The standard InChI is InChI=1S/C14H9N7/c1-2-4-11-10(3-1)14-16-8-13(20-6-5-17-18-20)21(14)12-7-15-9-19(11)12/h1-9H. The van der Waals surface area contributed by atoms with E-state index in [4.69, 9.17) is 0 Å². The highest BCUT2D eigenvalue weighted by Gasteiger charge is 2.14. The van der Waals surface area contributed by atoms with Crippen molar-refractivity contribution in [2.45, 2.75) is 0 Å². The number of benzene rings is 1. The summed E-state index contributed by atoms with van der Waals surface area (Å²) in [6, 6.07) is 8.14. The van der Waals surface area contributed by atoms with Crippen molar-refractivity contribution >= 4 is 22.2 Å². The summed E-state index contributed by atoms with van der Waals surface area (Å²) in [5.41, 5.74) is 2.89. The Kier molecular flexibility index (Phi) is 1.84. The fraction of sp³-hybridized carbons (Fsp3) is 0. The first-order valence-electron chi connectivity index (χ1n) is 6.50. The molecule has 0 aliphatic carbocycles. The Morgan fingerprint density at radius 1 is 1.05 bits per heavy atom. The first kappa shape index (κ1) is 10.6. The van der Waals surface area contributed by atoms with Crippen molar-refractivity contribution in [2.75, 3.05) is 0 Å². The minimum atomic E-state index is 0.832. The van der Waals surface area contributed by atoms with Gasteiger partial charge in [-0.3, -0.25) is 8.80 Å². The summed E-state index contributed by atoms with van der Waals surface area (Å²) in [6.07, 6.45) is 8.87. The van der Waals surface area contributed by atoms with Gasteiger partial charge in [-0.1, -0.05) is 17.3 Å². The number of hydrogen-bond donors (Lipinski definition) is 0. The van der Waals surface area contributed by atoms with Gasteiger partial charge in [-0.05, 0) is 12.1 Å². The lowest BCUT2D eigenvalue weighted by Crippen LogP contribution is -2.03. The topological polar surface area (TPSA) is 65.3 Å². The maximum absolute atomic E-state index is 4.57. The molecule has 0 aliphatic rings. The van der Waals surface area contributed by atoms with Crippen molar-refractivity contribution in [1.82, 2.24) is 33.8 Å². The second-order valence-electron chi connectivity index (χ2n) is 4.76. The molecule has 0 saturated heterocycles. The fourth-order valence-electron chi connectivity index (χ4n) is 2.76. The van der Waals surface area contributed by atoms with Crippen LogP contribution in [-0.2, 0) is 0 Å². The van der Waals surface area contributed by atoms with Crippen LogP contribution in [0.25, 0.3) is 28.0 Å². The van der Waals surface area contributed by atoms with Gasteiger partial charge in [0, 0.05) is 5.39 Å². The third kappa shape index (κ3) is 1.27. The fourth-order valence-corrected chi connectivity index (χ4v) is 2.76. The van der Waals surface area contributed by atoms with Gasteiger partial charge in [0.15, 0.2) is 5.82 Å². The predicted octanol–water partition coefficient (Wildman–Crippen LogP) is 1.72. The summed E-state index contributed by atoms with van der Waals surface area (Å²) < 4.78 is 5.77. The van der Waals surface area contributed by atoms with E-state index in [0.717, 1.165) is 28.0 Å². The third-order valence-electron chi connectivity index (χ3n) is 3.65. The monoisotopic (exact) mass is 275 g/mol. The highest BCUT2D eigenvalue weighted by molar-refractivity contribution is 5.94. The summed E-state index contributed by atoms with van der Waals surface area (Å²) in [6.45, 7) is 0. The molecule has 7 nitrogen and oxygen atoms in total. The largest absolute Gasteiger partial charge is 0.284 e. The molecule has 1 aromatic carbocycles. The molecule has 0 bridgehead atoms. The van der Waals surface area contributed by atoms with Crippen LogP contribution in [0, 0.1) is 0 Å². The average Bonchev–Trinajstić information content (AvgIpc) is 3.25. The molecular formula is C14H9N7. The van der Waals surface area contributed by atoms with Crippen LogP contribution in [0.3, 0.4) is 0 Å². The Balaban J connectivity index is 2.09. The molecule has 0 aliphatic heterocycles. The van der Waals surface area contributed by atoms with Crippen LogP contribution in [0.2, 0.25) is 0 Å². The Hall–Kier alpha value is -3.22. The number of hydrogen-bond acceptors (Lipinski definition) is 4. The van der Waals surface area contributed by atoms with Crippen molar-refractivity contribution in [3.05, 3.63) is 55.4 Å². The summed E-state index contributed by atoms with van der Waals surface area (Å²) in [7, 11) is 0. The minimum Gasteiger partial charge on any atom is -0.284 e. The second-order valence-corrected chi connectivity index (χ2v) is 4.76. The van der Waals surface area contributed by atoms with Gasteiger partial charge in [0.25, 0.3) is 0 Å². The van der Waals surface area contributed by atoms with Crippen LogP contribution in [0.1, 0.15) is 0 Å². The lowest BCUT2D eigenvalue weighted by atomic mass is 10.2. The van der Waals surface area contributed by atoms with E-state index in [-0.39, 0.29) is 0 Å². The van der Waals surface area contributed by atoms with Gasteiger partial charge in [0.05, 0.1) is 30.3 Å². The molecule has 0 spiro atoms. The normalized spacial score (nSPS) is 11.8. The molecule has 7 heteroatoms. The van der Waals surface area contributed by atoms with Gasteiger partial charge in [-0.15, -0.1) is 5.10 Å². The molecule has 0 radical (unpaired) electrons. The van der Waals surface area contributed by atoms with E-state index in [1.165, 1.54) is 0 Å². The van der Waals surface area contributed by atoms with E-state index in [1.807, 2.05) is 33.5 Å². The quantitative estimate of drug-likeness (QED) is 0.467. The molecule has 0 fully saturated rings. The van der Waals surface area contributed by atoms with E-state index in [9.17, 15) is 0 Å². The molecule has 21 heavy (non-hydrogen) atoms. The van der Waals surface area contributed by atoms with E-state index in [2.05, 4.69) is 32.4 Å². The number of fused-ring (bicyclic) bond motifs is 6. The van der Waals surface area contributed by atoms with Crippen LogP contribution >= 0.6 is 0 Å². The van der Waals surface area contributed by atoms with Crippen LogP contribution in [0.4, 0.5) is 0 Å². The van der Waals surface area contributed by atoms with E-state index in [0.29, 0.717) is 0 Å². The summed E-state index contributed by atoms with van der Waals surface area (Å²) in [5.74, 6) is 0.832. The molecule has 0 atom stereocenters. The van der Waals surface area contributed by atoms with Crippen LogP contribution in [0.5, 0.6) is 0 Å². The number of imidazole rings is 2. The Bertz CT molecular complexity index is 1080. The molecule has 0 N–H and O–H groups in total. The Morgan fingerprint density at radius 2 is 2.00 bits per heavy atom. The van der Waals surface area contributed by atoms with Crippen molar-refractivity contribution in [3.8, 4) is 5.82 Å². The average molecular weight is 275 g/mol. The van der Waals surface area contributed by atoms with Crippen molar-refractivity contribution < 1.29 is 0 Å². The van der Waals surface area contributed by atoms with Crippen molar-refractivity contribution in [1.29, 1.82) is 0 Å². The van der Waals surface area contributed by atoms with Crippen LogP contribution in [-0.4, -0.2) is 33.8 Å². The first-order valence-corrected chi connectivity index (χ1v) is 6.50. The minimum absolute atomic E-state index is 0.832. The SMILES string of the molecule is c1ccc2c(c1)c1ncc(-n3ccnn3)n1c1cncn21. The molecule has 4 aromatic heterocycles. The van der Waals surface area contributed by atoms with Crippen LogP contribution < -0.4 is 0 Å². The highest BCUT2D eigenvalue weighted by atomic mass is 15.4. The number of rotatable bonds is 1. The summed E-state index contributed by atoms with van der Waals surface area (Å²) in [5, 5.41) is 8.98. The maximum atomic E-state index is 4.57. The molecule has 4 heterocycles. The van der Waals surface area contributed by atoms with Crippen molar-refractivity contribution in [2.24, 2.45) is 0 Å². The van der Waals surface area contributed by atoms with Gasteiger partial charge in [0.2, 0.25) is 0 Å². The van der Waals surface area contributed by atoms with Gasteiger partial charge in [0.1, 0.15) is 17.6 Å².